The third kappa shape index (κ3) is 3.45. The van der Waals surface area contributed by atoms with Crippen molar-refractivity contribution in [2.45, 2.75) is 18.2 Å². The maximum Gasteiger partial charge on any atom is 0.323 e. The molecule has 0 aliphatic carbocycles. The SMILES string of the molecule is COC(=O)C(Cl)CCC=O. The van der Waals surface area contributed by atoms with Crippen LogP contribution in [0.4, 0.5) is 0 Å². The van der Waals surface area contributed by atoms with E-state index in [0.717, 1.165) is 6.29 Å². The average molecular weight is 165 g/mol. The summed E-state index contributed by atoms with van der Waals surface area (Å²) in [5, 5.41) is -0.685. The quantitative estimate of drug-likeness (QED) is 0.350. The van der Waals surface area contributed by atoms with Gasteiger partial charge in [0.2, 0.25) is 0 Å². The van der Waals surface area contributed by atoms with Crippen molar-refractivity contribution >= 4 is 23.9 Å². The Labute approximate surface area is 64.3 Å². The van der Waals surface area contributed by atoms with Gasteiger partial charge in [-0.1, -0.05) is 0 Å². The minimum atomic E-state index is -0.685. The Hall–Kier alpha value is -0.570. The highest BCUT2D eigenvalue weighted by molar-refractivity contribution is 6.29. The first-order valence-corrected chi connectivity index (χ1v) is 3.31. The first kappa shape index (κ1) is 9.43. The monoisotopic (exact) mass is 164 g/mol. The largest absolute Gasteiger partial charge is 0.468 e. The smallest absolute Gasteiger partial charge is 0.323 e. The molecule has 0 rings (SSSR count). The van der Waals surface area contributed by atoms with Crippen LogP contribution in [0.15, 0.2) is 0 Å². The molecule has 0 fully saturated rings. The second-order valence-electron chi connectivity index (χ2n) is 1.73. The molecule has 0 amide bonds. The molecule has 0 spiro atoms. The zero-order chi connectivity index (χ0) is 7.98. The molecule has 58 valence electrons. The predicted octanol–water partition coefficient (Wildman–Crippen LogP) is 0.746. The lowest BCUT2D eigenvalue weighted by atomic mass is 10.2. The summed E-state index contributed by atoms with van der Waals surface area (Å²) in [5.74, 6) is -0.483. The van der Waals surface area contributed by atoms with Crippen LogP contribution < -0.4 is 0 Å². The van der Waals surface area contributed by atoms with E-state index in [1.807, 2.05) is 0 Å². The molecule has 0 saturated carbocycles. The zero-order valence-corrected chi connectivity index (χ0v) is 6.43. The molecule has 3 nitrogen and oxygen atoms in total. The van der Waals surface area contributed by atoms with Gasteiger partial charge in [-0.3, -0.25) is 4.79 Å². The molecule has 1 atom stereocenters. The fraction of sp³-hybridized carbons (Fsp3) is 0.667. The minimum absolute atomic E-state index is 0.295. The number of rotatable bonds is 4. The Morgan fingerprint density at radius 1 is 1.80 bits per heavy atom. The highest BCUT2D eigenvalue weighted by atomic mass is 35.5. The molecule has 0 heterocycles. The second kappa shape index (κ2) is 5.23. The first-order chi connectivity index (χ1) is 4.72. The van der Waals surface area contributed by atoms with Gasteiger partial charge in [0, 0.05) is 6.42 Å². The number of aldehydes is 1. The van der Waals surface area contributed by atoms with Crippen LogP contribution in [0, 0.1) is 0 Å². The lowest BCUT2D eigenvalue weighted by Crippen LogP contribution is -2.15. The van der Waals surface area contributed by atoms with Crippen LogP contribution in [0.2, 0.25) is 0 Å². The fourth-order valence-corrected chi connectivity index (χ4v) is 0.675. The highest BCUT2D eigenvalue weighted by Gasteiger charge is 2.13. The van der Waals surface area contributed by atoms with E-state index < -0.39 is 11.3 Å². The standard InChI is InChI=1S/C6H9ClO3/c1-10-6(9)5(7)3-2-4-8/h4-5H,2-3H2,1H3. The summed E-state index contributed by atoms with van der Waals surface area (Å²) < 4.78 is 4.32. The van der Waals surface area contributed by atoms with Gasteiger partial charge in [-0.05, 0) is 6.42 Å². The Bertz CT molecular complexity index is 124. The van der Waals surface area contributed by atoms with Gasteiger partial charge in [0.1, 0.15) is 11.7 Å². The van der Waals surface area contributed by atoms with Gasteiger partial charge in [0.15, 0.2) is 0 Å². The van der Waals surface area contributed by atoms with Gasteiger partial charge >= 0.3 is 5.97 Å². The van der Waals surface area contributed by atoms with Crippen molar-refractivity contribution in [3.63, 3.8) is 0 Å². The summed E-state index contributed by atoms with van der Waals surface area (Å²) in [7, 11) is 1.26. The number of carbonyl (C=O) groups excluding carboxylic acids is 2. The molecule has 1 unspecified atom stereocenters. The zero-order valence-electron chi connectivity index (χ0n) is 5.67. The summed E-state index contributed by atoms with van der Waals surface area (Å²) in [5.41, 5.74) is 0. The van der Waals surface area contributed by atoms with Crippen LogP contribution >= 0.6 is 11.6 Å². The van der Waals surface area contributed by atoms with Crippen molar-refractivity contribution in [1.82, 2.24) is 0 Å². The minimum Gasteiger partial charge on any atom is -0.468 e. The summed E-state index contributed by atoms with van der Waals surface area (Å²) in [6.45, 7) is 0. The van der Waals surface area contributed by atoms with Crippen molar-refractivity contribution in [3.05, 3.63) is 0 Å². The number of hydrogen-bond acceptors (Lipinski definition) is 3. The Kier molecular flexibility index (Phi) is 4.94. The lowest BCUT2D eigenvalue weighted by molar-refractivity contribution is -0.140. The number of ether oxygens (including phenoxy) is 1. The molecule has 0 aromatic heterocycles. The molecule has 0 aliphatic rings. The van der Waals surface area contributed by atoms with E-state index in [-0.39, 0.29) is 0 Å². The summed E-state index contributed by atoms with van der Waals surface area (Å²) in [6, 6.07) is 0. The molecule has 0 bridgehead atoms. The number of esters is 1. The third-order valence-electron chi connectivity index (χ3n) is 0.995. The molecule has 0 radical (unpaired) electrons. The van der Waals surface area contributed by atoms with E-state index >= 15 is 0 Å². The first-order valence-electron chi connectivity index (χ1n) is 2.88. The van der Waals surface area contributed by atoms with E-state index in [9.17, 15) is 9.59 Å². The van der Waals surface area contributed by atoms with E-state index in [2.05, 4.69) is 4.74 Å². The molecular weight excluding hydrogens is 156 g/mol. The van der Waals surface area contributed by atoms with Crippen LogP contribution in [-0.4, -0.2) is 24.7 Å². The normalized spacial score (nSPS) is 12.2. The molecule has 10 heavy (non-hydrogen) atoms. The van der Waals surface area contributed by atoms with Crippen LogP contribution in [0.1, 0.15) is 12.8 Å². The van der Waals surface area contributed by atoms with E-state index in [0.29, 0.717) is 12.8 Å². The summed E-state index contributed by atoms with van der Waals surface area (Å²) in [4.78, 5) is 20.4. The summed E-state index contributed by atoms with van der Waals surface area (Å²) in [6.07, 6.45) is 1.36. The van der Waals surface area contributed by atoms with Crippen LogP contribution in [0.3, 0.4) is 0 Å². The van der Waals surface area contributed by atoms with Crippen molar-refractivity contribution in [3.8, 4) is 0 Å². The molecule has 0 saturated heterocycles. The van der Waals surface area contributed by atoms with E-state index in [4.69, 9.17) is 11.6 Å². The number of carbonyl (C=O) groups is 2. The van der Waals surface area contributed by atoms with Gasteiger partial charge in [-0.25, -0.2) is 0 Å². The number of methoxy groups -OCH3 is 1. The van der Waals surface area contributed by atoms with Crippen LogP contribution in [0.25, 0.3) is 0 Å². The van der Waals surface area contributed by atoms with Crippen LogP contribution in [0.5, 0.6) is 0 Å². The molecule has 0 aromatic rings. The Balaban J connectivity index is 3.50. The lowest BCUT2D eigenvalue weighted by Gasteiger charge is -2.02. The van der Waals surface area contributed by atoms with Gasteiger partial charge < -0.3 is 9.53 Å². The number of alkyl halides is 1. The molecule has 0 N–H and O–H groups in total. The average Bonchev–Trinajstić information content (AvgIpc) is 1.98. The third-order valence-corrected chi connectivity index (χ3v) is 1.39. The highest BCUT2D eigenvalue weighted by Crippen LogP contribution is 2.05. The van der Waals surface area contributed by atoms with Crippen molar-refractivity contribution in [2.24, 2.45) is 0 Å². The summed E-state index contributed by atoms with van der Waals surface area (Å²) >= 11 is 5.48. The molecule has 0 aromatic carbocycles. The van der Waals surface area contributed by atoms with E-state index in [1.165, 1.54) is 7.11 Å². The van der Waals surface area contributed by atoms with E-state index in [1.54, 1.807) is 0 Å². The topological polar surface area (TPSA) is 43.4 Å². The van der Waals surface area contributed by atoms with Crippen molar-refractivity contribution < 1.29 is 14.3 Å². The fourth-order valence-electron chi connectivity index (χ4n) is 0.460. The maximum atomic E-state index is 10.5. The molecular formula is C6H9ClO3. The number of halogens is 1. The van der Waals surface area contributed by atoms with Gasteiger partial charge in [0.05, 0.1) is 7.11 Å². The van der Waals surface area contributed by atoms with Gasteiger partial charge in [-0.15, -0.1) is 11.6 Å². The number of hydrogen-bond donors (Lipinski definition) is 0. The van der Waals surface area contributed by atoms with Crippen LogP contribution in [-0.2, 0) is 14.3 Å². The van der Waals surface area contributed by atoms with Gasteiger partial charge in [0.25, 0.3) is 0 Å². The van der Waals surface area contributed by atoms with Crippen molar-refractivity contribution in [1.29, 1.82) is 0 Å². The second-order valence-corrected chi connectivity index (χ2v) is 2.26. The van der Waals surface area contributed by atoms with Gasteiger partial charge in [-0.2, -0.15) is 0 Å². The Morgan fingerprint density at radius 3 is 2.80 bits per heavy atom. The Morgan fingerprint density at radius 2 is 2.40 bits per heavy atom. The molecule has 0 aliphatic heterocycles. The van der Waals surface area contributed by atoms with Crippen molar-refractivity contribution in [2.75, 3.05) is 7.11 Å². The predicted molar refractivity (Wildman–Crippen MR) is 37.0 cm³/mol. The maximum absolute atomic E-state index is 10.5. The molecule has 4 heteroatoms.